The maximum atomic E-state index is 13.8. The fourth-order valence-corrected chi connectivity index (χ4v) is 7.29. The zero-order valence-electron chi connectivity index (χ0n) is 29.3. The molecule has 4 aromatic rings. The fourth-order valence-electron chi connectivity index (χ4n) is 7.29. The summed E-state index contributed by atoms with van der Waals surface area (Å²) in [5, 5.41) is 0. The van der Waals surface area contributed by atoms with E-state index in [1.54, 1.807) is 24.1 Å². The monoisotopic (exact) mass is 680 g/mol. The third-order valence-corrected chi connectivity index (χ3v) is 10.1. The first kappa shape index (κ1) is 32.5. The molecule has 2 atom stereocenters. The molecule has 0 saturated carbocycles. The fraction of sp³-hybridized carbons (Fsp3) is 0.286. The number of hydrogen-bond donors (Lipinski definition) is 0. The summed E-state index contributed by atoms with van der Waals surface area (Å²) in [6, 6.07) is 21.8. The Morgan fingerprint density at radius 2 is 1.39 bits per heavy atom. The van der Waals surface area contributed by atoms with Gasteiger partial charge in [-0.2, -0.15) is 0 Å². The van der Waals surface area contributed by atoms with Gasteiger partial charge in [0, 0.05) is 50.1 Å². The molecule has 4 aromatic carbocycles. The number of hydrogen-bond acceptors (Lipinski definition) is 7. The second kappa shape index (κ2) is 13.2. The van der Waals surface area contributed by atoms with E-state index in [1.807, 2.05) is 42.6 Å². The number of aliphatic imine (C=N–C) groups is 2. The average Bonchev–Trinajstić information content (AvgIpc) is 3.46. The minimum absolute atomic E-state index is 0.0606. The highest BCUT2D eigenvalue weighted by Crippen LogP contribution is 2.40. The molecule has 0 spiro atoms. The third-order valence-electron chi connectivity index (χ3n) is 10.1. The second-order valence-electron chi connectivity index (χ2n) is 13.7. The molecule has 0 radical (unpaired) electrons. The summed E-state index contributed by atoms with van der Waals surface area (Å²) in [6.07, 6.45) is 7.76. The van der Waals surface area contributed by atoms with Crippen LogP contribution >= 0.6 is 0 Å². The smallest absolute Gasteiger partial charge is 0.260 e. The van der Waals surface area contributed by atoms with Gasteiger partial charge >= 0.3 is 0 Å². The predicted octanol–water partition coefficient (Wildman–Crippen LogP) is 7.72. The Morgan fingerprint density at radius 1 is 0.706 bits per heavy atom. The molecule has 0 unspecified atom stereocenters. The van der Waals surface area contributed by atoms with Gasteiger partial charge in [-0.1, -0.05) is 53.6 Å². The Labute approximate surface area is 297 Å². The molecule has 9 nitrogen and oxygen atoms in total. The number of carbonyl (C=O) groups is 2. The van der Waals surface area contributed by atoms with E-state index in [4.69, 9.17) is 24.2 Å². The van der Waals surface area contributed by atoms with E-state index in [2.05, 4.69) is 56.3 Å². The van der Waals surface area contributed by atoms with Crippen LogP contribution < -0.4 is 14.2 Å². The molecule has 8 rings (SSSR count). The van der Waals surface area contributed by atoms with Gasteiger partial charge in [-0.05, 0) is 67.2 Å². The van der Waals surface area contributed by atoms with Crippen LogP contribution in [0.2, 0.25) is 0 Å². The lowest BCUT2D eigenvalue weighted by Gasteiger charge is -2.34. The van der Waals surface area contributed by atoms with Crippen molar-refractivity contribution >= 4 is 41.2 Å². The first-order chi connectivity index (χ1) is 24.7. The van der Waals surface area contributed by atoms with Crippen molar-refractivity contribution in [3.05, 3.63) is 117 Å². The molecule has 4 aliphatic heterocycles. The number of nitrogens with zero attached hydrogens (tertiary/aromatic N) is 4. The number of benzene rings is 4. The maximum Gasteiger partial charge on any atom is 0.260 e. The lowest BCUT2D eigenvalue weighted by atomic mass is 9.93. The Morgan fingerprint density at radius 3 is 2.16 bits per heavy atom. The molecule has 0 N–H and O–H groups in total. The van der Waals surface area contributed by atoms with Crippen LogP contribution in [0, 0.1) is 20.8 Å². The van der Waals surface area contributed by atoms with E-state index in [1.165, 1.54) is 22.3 Å². The molecular weight excluding hydrogens is 640 g/mol. The average molecular weight is 681 g/mol. The highest BCUT2D eigenvalue weighted by atomic mass is 16.5. The van der Waals surface area contributed by atoms with Gasteiger partial charge in [0.1, 0.15) is 5.75 Å². The van der Waals surface area contributed by atoms with Crippen molar-refractivity contribution in [2.75, 3.05) is 20.3 Å². The first-order valence-corrected chi connectivity index (χ1v) is 17.5. The van der Waals surface area contributed by atoms with Crippen molar-refractivity contribution in [1.29, 1.82) is 0 Å². The summed E-state index contributed by atoms with van der Waals surface area (Å²) < 4.78 is 18.0. The van der Waals surface area contributed by atoms with Crippen molar-refractivity contribution in [2.45, 2.75) is 58.7 Å². The Bertz CT molecular complexity index is 2150. The van der Waals surface area contributed by atoms with E-state index in [9.17, 15) is 9.59 Å². The van der Waals surface area contributed by atoms with Crippen LogP contribution in [0.15, 0.2) is 82.9 Å². The Hall–Kier alpha value is -5.70. The van der Waals surface area contributed by atoms with Gasteiger partial charge < -0.3 is 24.0 Å². The SMILES string of the molecule is COc1cc2c(cc1OCCCOc1cc3c(cc1C)C(=O)N1C=C(c4ccc(C)cc4)C[C@H]1C=N3)N=C[C@@H]1Cc3ccc(C)cc3CN1C2=O. The van der Waals surface area contributed by atoms with E-state index in [-0.39, 0.29) is 23.9 Å². The number of ether oxygens (including phenoxy) is 3. The molecule has 4 aliphatic rings. The van der Waals surface area contributed by atoms with E-state index >= 15 is 0 Å². The minimum atomic E-state index is -0.125. The van der Waals surface area contributed by atoms with Gasteiger partial charge in [-0.3, -0.25) is 19.6 Å². The zero-order chi connectivity index (χ0) is 35.2. The topological polar surface area (TPSA) is 93.0 Å². The number of carbonyl (C=O) groups excluding carboxylic acids is 2. The molecule has 2 amide bonds. The van der Waals surface area contributed by atoms with E-state index in [0.29, 0.717) is 65.9 Å². The predicted molar refractivity (Wildman–Crippen MR) is 198 cm³/mol. The molecule has 0 saturated heterocycles. The van der Waals surface area contributed by atoms with Crippen molar-refractivity contribution < 1.29 is 23.8 Å². The zero-order valence-corrected chi connectivity index (χ0v) is 29.3. The first-order valence-electron chi connectivity index (χ1n) is 17.5. The molecule has 0 bridgehead atoms. The lowest BCUT2D eigenvalue weighted by molar-refractivity contribution is 0.0702. The van der Waals surface area contributed by atoms with Crippen LogP contribution in [-0.4, -0.2) is 66.5 Å². The number of fused-ring (bicyclic) bond motifs is 5. The van der Waals surface area contributed by atoms with E-state index < -0.39 is 0 Å². The third kappa shape index (κ3) is 6.17. The van der Waals surface area contributed by atoms with Gasteiger partial charge in [0.2, 0.25) is 0 Å². The summed E-state index contributed by atoms with van der Waals surface area (Å²) >= 11 is 0. The van der Waals surface area contributed by atoms with Crippen LogP contribution in [0.25, 0.3) is 5.57 Å². The Balaban J connectivity index is 0.909. The summed E-state index contributed by atoms with van der Waals surface area (Å²) in [4.78, 5) is 40.6. The van der Waals surface area contributed by atoms with Crippen LogP contribution in [0.4, 0.5) is 11.4 Å². The number of rotatable bonds is 8. The molecule has 0 fully saturated rings. The highest BCUT2D eigenvalue weighted by Gasteiger charge is 2.34. The second-order valence-corrected chi connectivity index (χ2v) is 13.7. The van der Waals surface area contributed by atoms with Crippen molar-refractivity contribution in [3.8, 4) is 17.2 Å². The number of aryl methyl sites for hydroxylation is 3. The van der Waals surface area contributed by atoms with E-state index in [0.717, 1.165) is 29.5 Å². The van der Waals surface area contributed by atoms with Gasteiger partial charge in [0.25, 0.3) is 11.8 Å². The maximum absolute atomic E-state index is 13.8. The minimum Gasteiger partial charge on any atom is -0.493 e. The van der Waals surface area contributed by atoms with Gasteiger partial charge in [0.15, 0.2) is 11.5 Å². The summed E-state index contributed by atoms with van der Waals surface area (Å²) in [7, 11) is 1.57. The summed E-state index contributed by atoms with van der Waals surface area (Å²) in [5.74, 6) is 1.56. The normalized spacial score (nSPS) is 18.5. The molecule has 9 heteroatoms. The quantitative estimate of drug-likeness (QED) is 0.178. The van der Waals surface area contributed by atoms with Gasteiger partial charge in [-0.15, -0.1) is 0 Å². The van der Waals surface area contributed by atoms with Crippen molar-refractivity contribution in [2.24, 2.45) is 9.98 Å². The highest BCUT2D eigenvalue weighted by molar-refractivity contribution is 6.05. The molecule has 258 valence electrons. The van der Waals surface area contributed by atoms with Gasteiger partial charge in [0.05, 0.1) is 54.9 Å². The molecule has 0 aromatic heterocycles. The Kier molecular flexibility index (Phi) is 8.42. The molecular formula is C42H40N4O5. The van der Waals surface area contributed by atoms with Crippen LogP contribution in [0.5, 0.6) is 17.2 Å². The summed E-state index contributed by atoms with van der Waals surface area (Å²) in [5.41, 5.74) is 10.2. The molecule has 0 aliphatic carbocycles. The number of methoxy groups -OCH3 is 1. The van der Waals surface area contributed by atoms with Crippen LogP contribution in [0.1, 0.15) is 66.9 Å². The van der Waals surface area contributed by atoms with Crippen molar-refractivity contribution in [3.63, 3.8) is 0 Å². The molecule has 4 heterocycles. The largest absolute Gasteiger partial charge is 0.493 e. The number of amides is 2. The van der Waals surface area contributed by atoms with Crippen LogP contribution in [-0.2, 0) is 13.0 Å². The van der Waals surface area contributed by atoms with Gasteiger partial charge in [-0.25, -0.2) is 0 Å². The summed E-state index contributed by atoms with van der Waals surface area (Å²) in [6.45, 7) is 7.39. The molecule has 51 heavy (non-hydrogen) atoms. The standard InChI is InChI=1S/C42H40N4O5/c1-25-6-9-28(10-7-25)31-17-33-22-43-36-19-38(27(3)15-34(36)41(47)46(33)24-31)50-12-5-13-51-40-20-37-35(18-39(40)49-4)42(48)45-23-30-14-26(2)8-11-29(30)16-32(45)21-44-37/h6-11,14-15,18-22,24,32-33H,5,12-13,16-17,23H2,1-4H3/t32-,33-/m0/s1. The van der Waals surface area contributed by atoms with Crippen molar-refractivity contribution in [1.82, 2.24) is 9.80 Å². The van der Waals surface area contributed by atoms with Crippen LogP contribution in [0.3, 0.4) is 0 Å². The lowest BCUT2D eigenvalue weighted by Crippen LogP contribution is -2.44.